The molecule has 1 aliphatic carbocycles. The molecule has 76 valence electrons. The van der Waals surface area contributed by atoms with Gasteiger partial charge in [-0.05, 0) is 18.8 Å². The molecule has 2 rings (SSSR count). The second kappa shape index (κ2) is 4.31. The highest BCUT2D eigenvalue weighted by Crippen LogP contribution is 2.28. The zero-order valence-electron chi connectivity index (χ0n) is 8.45. The topological polar surface area (TPSA) is 29.9 Å². The molecule has 0 aromatic carbocycles. The molecule has 0 radical (unpaired) electrons. The van der Waals surface area contributed by atoms with Crippen LogP contribution in [0.5, 0.6) is 0 Å². The third-order valence-electron chi connectivity index (χ3n) is 2.80. The fourth-order valence-electron chi connectivity index (χ4n) is 1.74. The fourth-order valence-corrected chi connectivity index (χ4v) is 1.74. The van der Waals surface area contributed by atoms with Crippen molar-refractivity contribution in [1.82, 2.24) is 9.55 Å². The fraction of sp³-hybridized carbons (Fsp3) is 0.545. The van der Waals surface area contributed by atoms with Gasteiger partial charge in [0.2, 0.25) is 5.95 Å². The highest BCUT2D eigenvalue weighted by Gasteiger charge is 2.18. The molecule has 1 fully saturated rings. The van der Waals surface area contributed by atoms with Gasteiger partial charge < -0.3 is 9.88 Å². The van der Waals surface area contributed by atoms with Crippen molar-refractivity contribution in [1.29, 1.82) is 0 Å². The van der Waals surface area contributed by atoms with Gasteiger partial charge in [0.15, 0.2) is 0 Å². The number of hydrogen-bond donors (Lipinski definition) is 1. The summed E-state index contributed by atoms with van der Waals surface area (Å²) >= 11 is 0. The molecule has 14 heavy (non-hydrogen) atoms. The van der Waals surface area contributed by atoms with E-state index in [4.69, 9.17) is 0 Å². The van der Waals surface area contributed by atoms with E-state index in [1.165, 1.54) is 19.3 Å². The van der Waals surface area contributed by atoms with E-state index in [0.29, 0.717) is 0 Å². The lowest BCUT2D eigenvalue weighted by molar-refractivity contribution is 0.278. The van der Waals surface area contributed by atoms with Crippen LogP contribution in [0.15, 0.2) is 25.0 Å². The summed E-state index contributed by atoms with van der Waals surface area (Å²) in [7, 11) is 0. The van der Waals surface area contributed by atoms with Gasteiger partial charge in [0.25, 0.3) is 0 Å². The van der Waals surface area contributed by atoms with Gasteiger partial charge in [-0.1, -0.05) is 12.5 Å². The second-order valence-electron chi connectivity index (χ2n) is 3.87. The Morgan fingerprint density at radius 2 is 2.50 bits per heavy atom. The molecule has 0 saturated heterocycles. The molecule has 1 aromatic rings. The van der Waals surface area contributed by atoms with Crippen LogP contribution in [0.3, 0.4) is 0 Å². The van der Waals surface area contributed by atoms with Crippen molar-refractivity contribution in [3.8, 4) is 0 Å². The van der Waals surface area contributed by atoms with Gasteiger partial charge in [0.05, 0.1) is 0 Å². The highest BCUT2D eigenvalue weighted by atomic mass is 15.2. The van der Waals surface area contributed by atoms with Crippen LogP contribution >= 0.6 is 0 Å². The van der Waals surface area contributed by atoms with Crippen LogP contribution < -0.4 is 5.32 Å². The maximum atomic E-state index is 4.27. The molecular weight excluding hydrogens is 174 g/mol. The minimum absolute atomic E-state index is 0.779. The third kappa shape index (κ3) is 1.97. The quantitative estimate of drug-likeness (QED) is 0.724. The van der Waals surface area contributed by atoms with Gasteiger partial charge in [-0.3, -0.25) is 0 Å². The Kier molecular flexibility index (Phi) is 2.87. The van der Waals surface area contributed by atoms with E-state index in [2.05, 4.69) is 21.4 Å². The van der Waals surface area contributed by atoms with Gasteiger partial charge in [0.1, 0.15) is 0 Å². The van der Waals surface area contributed by atoms with E-state index in [9.17, 15) is 0 Å². The number of imidazole rings is 1. The lowest BCUT2D eigenvalue weighted by Crippen LogP contribution is -2.19. The second-order valence-corrected chi connectivity index (χ2v) is 3.87. The molecule has 0 amide bonds. The average Bonchev–Trinajstić information content (AvgIpc) is 2.55. The SMILES string of the molecule is C=CCNc1nccn1CC1CCC1. The summed E-state index contributed by atoms with van der Waals surface area (Å²) in [5.41, 5.74) is 0. The first-order valence-electron chi connectivity index (χ1n) is 5.26. The average molecular weight is 191 g/mol. The van der Waals surface area contributed by atoms with Gasteiger partial charge in [-0.15, -0.1) is 6.58 Å². The lowest BCUT2D eigenvalue weighted by atomic mass is 9.85. The highest BCUT2D eigenvalue weighted by molar-refractivity contribution is 5.26. The predicted molar refractivity (Wildman–Crippen MR) is 58.3 cm³/mol. The third-order valence-corrected chi connectivity index (χ3v) is 2.80. The summed E-state index contributed by atoms with van der Waals surface area (Å²) in [5.74, 6) is 1.84. The first kappa shape index (κ1) is 9.31. The molecule has 1 aliphatic rings. The summed E-state index contributed by atoms with van der Waals surface area (Å²) in [6, 6.07) is 0. The number of nitrogens with zero attached hydrogens (tertiary/aromatic N) is 2. The zero-order valence-corrected chi connectivity index (χ0v) is 8.45. The van der Waals surface area contributed by atoms with Crippen LogP contribution in [0, 0.1) is 5.92 Å². The molecule has 0 aliphatic heterocycles. The van der Waals surface area contributed by atoms with E-state index in [-0.39, 0.29) is 0 Å². The smallest absolute Gasteiger partial charge is 0.203 e. The van der Waals surface area contributed by atoms with Crippen LogP contribution in [0.2, 0.25) is 0 Å². The molecule has 1 heterocycles. The Labute approximate surface area is 84.8 Å². The summed E-state index contributed by atoms with van der Waals surface area (Å²) in [6.07, 6.45) is 9.89. The van der Waals surface area contributed by atoms with Crippen molar-refractivity contribution in [2.75, 3.05) is 11.9 Å². The zero-order chi connectivity index (χ0) is 9.80. The van der Waals surface area contributed by atoms with Gasteiger partial charge in [-0.25, -0.2) is 4.98 Å². The van der Waals surface area contributed by atoms with Crippen molar-refractivity contribution >= 4 is 5.95 Å². The van der Waals surface area contributed by atoms with E-state index < -0.39 is 0 Å². The molecule has 0 unspecified atom stereocenters. The molecule has 3 heteroatoms. The molecule has 1 aromatic heterocycles. The number of hydrogen-bond acceptors (Lipinski definition) is 2. The van der Waals surface area contributed by atoms with Crippen molar-refractivity contribution in [2.24, 2.45) is 5.92 Å². The summed E-state index contributed by atoms with van der Waals surface area (Å²) in [6.45, 7) is 5.57. The first-order valence-corrected chi connectivity index (χ1v) is 5.26. The van der Waals surface area contributed by atoms with E-state index in [1.54, 1.807) is 0 Å². The maximum absolute atomic E-state index is 4.27. The van der Waals surface area contributed by atoms with Crippen molar-refractivity contribution in [3.63, 3.8) is 0 Å². The Morgan fingerprint density at radius 1 is 1.64 bits per heavy atom. The Morgan fingerprint density at radius 3 is 3.14 bits per heavy atom. The summed E-state index contributed by atoms with van der Waals surface area (Å²) in [5, 5.41) is 3.23. The van der Waals surface area contributed by atoms with E-state index >= 15 is 0 Å². The Bertz CT molecular complexity index is 299. The van der Waals surface area contributed by atoms with Crippen LogP contribution in [-0.4, -0.2) is 16.1 Å². The minimum Gasteiger partial charge on any atom is -0.352 e. The normalized spacial score (nSPS) is 16.3. The van der Waals surface area contributed by atoms with Gasteiger partial charge in [-0.2, -0.15) is 0 Å². The Hall–Kier alpha value is -1.25. The molecule has 3 nitrogen and oxygen atoms in total. The van der Waals surface area contributed by atoms with Crippen molar-refractivity contribution in [2.45, 2.75) is 25.8 Å². The minimum atomic E-state index is 0.779. The molecule has 0 atom stereocenters. The van der Waals surface area contributed by atoms with E-state index in [1.807, 2.05) is 18.5 Å². The molecule has 1 N–H and O–H groups in total. The lowest BCUT2D eigenvalue weighted by Gasteiger charge is -2.26. The Balaban J connectivity index is 1.93. The number of aromatic nitrogens is 2. The summed E-state index contributed by atoms with van der Waals surface area (Å²) < 4.78 is 2.20. The van der Waals surface area contributed by atoms with Gasteiger partial charge >= 0.3 is 0 Å². The first-order chi connectivity index (χ1) is 6.90. The summed E-state index contributed by atoms with van der Waals surface area (Å²) in [4.78, 5) is 4.27. The van der Waals surface area contributed by atoms with Crippen LogP contribution in [0.4, 0.5) is 5.95 Å². The molecule has 0 bridgehead atoms. The van der Waals surface area contributed by atoms with E-state index in [0.717, 1.165) is 25.0 Å². The van der Waals surface area contributed by atoms with Crippen molar-refractivity contribution in [3.05, 3.63) is 25.0 Å². The number of anilines is 1. The molecule has 0 spiro atoms. The van der Waals surface area contributed by atoms with Crippen LogP contribution in [0.25, 0.3) is 0 Å². The van der Waals surface area contributed by atoms with Crippen molar-refractivity contribution < 1.29 is 0 Å². The maximum Gasteiger partial charge on any atom is 0.203 e. The van der Waals surface area contributed by atoms with Crippen LogP contribution in [-0.2, 0) is 6.54 Å². The molecule has 1 saturated carbocycles. The number of rotatable bonds is 5. The largest absolute Gasteiger partial charge is 0.352 e. The standard InChI is InChI=1S/C11H17N3/c1-2-6-12-11-13-7-8-14(11)9-10-4-3-5-10/h2,7-8,10H,1,3-6,9H2,(H,12,13). The number of nitrogens with one attached hydrogen (secondary N) is 1. The monoisotopic (exact) mass is 191 g/mol. The van der Waals surface area contributed by atoms with Gasteiger partial charge in [0, 0.05) is 25.5 Å². The van der Waals surface area contributed by atoms with Crippen LogP contribution in [0.1, 0.15) is 19.3 Å². The predicted octanol–water partition coefficient (Wildman–Crippen LogP) is 2.28. The molecular formula is C11H17N3.